The van der Waals surface area contributed by atoms with Crippen molar-refractivity contribution in [3.8, 4) is 0 Å². The summed E-state index contributed by atoms with van der Waals surface area (Å²) < 4.78 is 13.2. The van der Waals surface area contributed by atoms with Crippen molar-refractivity contribution in [2.75, 3.05) is 19.6 Å². The number of benzene rings is 1. The summed E-state index contributed by atoms with van der Waals surface area (Å²) in [4.78, 5) is 11.7. The first-order valence-corrected chi connectivity index (χ1v) is 5.42. The van der Waals surface area contributed by atoms with Gasteiger partial charge in [0.2, 0.25) is 0 Å². The molecular weight excluding hydrogens is 243 g/mol. The number of nitrogens with one attached hydrogen (secondary N) is 2. The Labute approximate surface area is 106 Å². The second-order valence-corrected chi connectivity index (χ2v) is 4.20. The Morgan fingerprint density at radius 3 is 2.76 bits per heavy atom. The zero-order valence-electron chi connectivity index (χ0n) is 9.63. The van der Waals surface area contributed by atoms with Crippen molar-refractivity contribution in [3.63, 3.8) is 0 Å². The van der Waals surface area contributed by atoms with Gasteiger partial charge in [0, 0.05) is 31.1 Å². The molecule has 1 aliphatic rings. The Bertz CT molecular complexity index is 407. The fourth-order valence-corrected chi connectivity index (χ4v) is 1.57. The van der Waals surface area contributed by atoms with Gasteiger partial charge in [0.1, 0.15) is 5.82 Å². The van der Waals surface area contributed by atoms with Gasteiger partial charge in [0.05, 0.1) is 0 Å². The lowest BCUT2D eigenvalue weighted by Gasteiger charge is -2.27. The normalized spacial score (nSPS) is 14.7. The van der Waals surface area contributed by atoms with Gasteiger partial charge in [0.25, 0.3) is 5.91 Å². The molecule has 0 aromatic heterocycles. The van der Waals surface area contributed by atoms with Crippen LogP contribution in [0.5, 0.6) is 0 Å². The lowest BCUT2D eigenvalue weighted by Crippen LogP contribution is -2.48. The van der Waals surface area contributed by atoms with Crippen LogP contribution in [-0.2, 0) is 0 Å². The molecule has 0 aliphatic carbocycles. The minimum Gasteiger partial charge on any atom is -0.352 e. The van der Waals surface area contributed by atoms with Crippen LogP contribution in [0.1, 0.15) is 15.9 Å². The van der Waals surface area contributed by atoms with Crippen molar-refractivity contribution < 1.29 is 9.18 Å². The van der Waals surface area contributed by atoms with Crippen molar-refractivity contribution in [2.45, 2.75) is 6.92 Å². The minimum absolute atomic E-state index is 0. The van der Waals surface area contributed by atoms with E-state index in [-0.39, 0.29) is 24.1 Å². The number of amides is 1. The molecule has 3 nitrogen and oxygen atoms in total. The van der Waals surface area contributed by atoms with E-state index >= 15 is 0 Å². The summed E-state index contributed by atoms with van der Waals surface area (Å²) in [6.07, 6.45) is 0. The van der Waals surface area contributed by atoms with E-state index in [4.69, 9.17) is 0 Å². The second kappa shape index (κ2) is 5.98. The highest BCUT2D eigenvalue weighted by molar-refractivity contribution is 5.94. The molecule has 1 heterocycles. The molecular formula is C12H16ClFN2O. The van der Waals surface area contributed by atoms with Crippen molar-refractivity contribution in [1.82, 2.24) is 10.6 Å². The van der Waals surface area contributed by atoms with Crippen LogP contribution in [0.25, 0.3) is 0 Å². The van der Waals surface area contributed by atoms with Gasteiger partial charge in [-0.3, -0.25) is 4.79 Å². The summed E-state index contributed by atoms with van der Waals surface area (Å²) in [6.45, 7) is 4.23. The van der Waals surface area contributed by atoms with Crippen LogP contribution < -0.4 is 10.6 Å². The summed E-state index contributed by atoms with van der Waals surface area (Å²) in [5.41, 5.74) is 0.940. The molecule has 0 bridgehead atoms. The molecule has 0 radical (unpaired) electrons. The van der Waals surface area contributed by atoms with Crippen molar-refractivity contribution >= 4 is 18.3 Å². The summed E-state index contributed by atoms with van der Waals surface area (Å²) in [7, 11) is 0. The third kappa shape index (κ3) is 3.41. The predicted octanol–water partition coefficient (Wildman–Crippen LogP) is 1.51. The zero-order valence-corrected chi connectivity index (χ0v) is 10.4. The third-order valence-corrected chi connectivity index (χ3v) is 2.85. The molecule has 5 heteroatoms. The Morgan fingerprint density at radius 2 is 2.24 bits per heavy atom. The Kier molecular flexibility index (Phi) is 4.90. The molecule has 0 saturated carbocycles. The number of hydrogen-bond donors (Lipinski definition) is 2. The van der Waals surface area contributed by atoms with Crippen molar-refractivity contribution in [3.05, 3.63) is 35.1 Å². The summed E-state index contributed by atoms with van der Waals surface area (Å²) in [5, 5.41) is 5.93. The smallest absolute Gasteiger partial charge is 0.251 e. The molecule has 0 spiro atoms. The predicted molar refractivity (Wildman–Crippen MR) is 67.1 cm³/mol. The van der Waals surface area contributed by atoms with E-state index in [1.54, 1.807) is 19.1 Å². The van der Waals surface area contributed by atoms with E-state index < -0.39 is 0 Å². The van der Waals surface area contributed by atoms with E-state index in [0.29, 0.717) is 23.6 Å². The summed E-state index contributed by atoms with van der Waals surface area (Å²) in [6, 6.07) is 4.55. The third-order valence-electron chi connectivity index (χ3n) is 2.85. The second-order valence-electron chi connectivity index (χ2n) is 4.20. The Balaban J connectivity index is 0.00000144. The lowest BCUT2D eigenvalue weighted by molar-refractivity contribution is 0.0942. The molecule has 2 N–H and O–H groups in total. The molecule has 1 aromatic carbocycles. The average molecular weight is 259 g/mol. The summed E-state index contributed by atoms with van der Waals surface area (Å²) in [5.74, 6) is -0.0250. The molecule has 1 fully saturated rings. The van der Waals surface area contributed by atoms with E-state index in [1.165, 1.54) is 6.07 Å². The molecule has 2 rings (SSSR count). The Morgan fingerprint density at radius 1 is 1.53 bits per heavy atom. The topological polar surface area (TPSA) is 41.1 Å². The average Bonchev–Trinajstić information content (AvgIpc) is 2.19. The molecule has 0 unspecified atom stereocenters. The van der Waals surface area contributed by atoms with Gasteiger partial charge in [-0.2, -0.15) is 0 Å². The first-order valence-electron chi connectivity index (χ1n) is 5.42. The van der Waals surface area contributed by atoms with Gasteiger partial charge in [0.15, 0.2) is 0 Å². The molecule has 1 amide bonds. The monoisotopic (exact) mass is 258 g/mol. The maximum absolute atomic E-state index is 13.2. The van der Waals surface area contributed by atoms with Crippen LogP contribution in [0.15, 0.2) is 18.2 Å². The molecule has 1 saturated heterocycles. The highest BCUT2D eigenvalue weighted by Crippen LogP contribution is 2.09. The lowest BCUT2D eigenvalue weighted by atomic mass is 10.0. The fraction of sp³-hybridized carbons (Fsp3) is 0.417. The van der Waals surface area contributed by atoms with Crippen molar-refractivity contribution in [2.24, 2.45) is 5.92 Å². The van der Waals surface area contributed by atoms with Crippen LogP contribution in [0.2, 0.25) is 0 Å². The molecule has 0 atom stereocenters. The molecule has 1 aliphatic heterocycles. The van der Waals surface area contributed by atoms with Gasteiger partial charge >= 0.3 is 0 Å². The van der Waals surface area contributed by atoms with Gasteiger partial charge in [-0.25, -0.2) is 4.39 Å². The SMILES string of the molecule is Cc1ccc(C(=O)NCC2CNC2)cc1F.Cl. The van der Waals surface area contributed by atoms with Gasteiger partial charge < -0.3 is 10.6 Å². The van der Waals surface area contributed by atoms with Crippen LogP contribution in [-0.4, -0.2) is 25.5 Å². The maximum Gasteiger partial charge on any atom is 0.251 e. The van der Waals surface area contributed by atoms with Crippen LogP contribution in [0.4, 0.5) is 4.39 Å². The maximum atomic E-state index is 13.2. The van der Waals surface area contributed by atoms with E-state index in [1.807, 2.05) is 0 Å². The number of carbonyl (C=O) groups excluding carboxylic acids is 1. The van der Waals surface area contributed by atoms with Crippen LogP contribution in [0.3, 0.4) is 0 Å². The number of carbonyl (C=O) groups is 1. The van der Waals surface area contributed by atoms with E-state index in [0.717, 1.165) is 13.1 Å². The van der Waals surface area contributed by atoms with Crippen LogP contribution >= 0.6 is 12.4 Å². The first kappa shape index (κ1) is 13.9. The molecule has 17 heavy (non-hydrogen) atoms. The zero-order chi connectivity index (χ0) is 11.5. The Hall–Kier alpha value is -1.13. The highest BCUT2D eigenvalue weighted by Gasteiger charge is 2.17. The number of halogens is 2. The van der Waals surface area contributed by atoms with Gasteiger partial charge in [-0.05, 0) is 24.6 Å². The number of aryl methyl sites for hydroxylation is 1. The largest absolute Gasteiger partial charge is 0.352 e. The van der Waals surface area contributed by atoms with Crippen molar-refractivity contribution in [1.29, 1.82) is 0 Å². The quantitative estimate of drug-likeness (QED) is 0.863. The van der Waals surface area contributed by atoms with Gasteiger partial charge in [-0.15, -0.1) is 12.4 Å². The molecule has 1 aromatic rings. The fourth-order valence-electron chi connectivity index (χ4n) is 1.57. The molecule has 94 valence electrons. The summed E-state index contributed by atoms with van der Waals surface area (Å²) >= 11 is 0. The highest BCUT2D eigenvalue weighted by atomic mass is 35.5. The number of hydrogen-bond acceptors (Lipinski definition) is 2. The van der Waals surface area contributed by atoms with Crippen LogP contribution in [0, 0.1) is 18.7 Å². The number of rotatable bonds is 3. The van der Waals surface area contributed by atoms with E-state index in [9.17, 15) is 9.18 Å². The minimum atomic E-state index is -0.335. The van der Waals surface area contributed by atoms with E-state index in [2.05, 4.69) is 10.6 Å². The standard InChI is InChI=1S/C12H15FN2O.ClH/c1-8-2-3-10(4-11(8)13)12(16)15-7-9-5-14-6-9;/h2-4,9,14H,5-7H2,1H3,(H,15,16);1H. The van der Waals surface area contributed by atoms with Gasteiger partial charge in [-0.1, -0.05) is 6.07 Å². The first-order chi connectivity index (χ1) is 7.66.